The number of benzene rings is 9. The van der Waals surface area contributed by atoms with Crippen LogP contribution < -0.4 is 0 Å². The smallest absolute Gasteiger partial charge is 0.164 e. The van der Waals surface area contributed by atoms with E-state index in [-0.39, 0.29) is 0 Å². The zero-order valence-electron chi connectivity index (χ0n) is 33.2. The summed E-state index contributed by atoms with van der Waals surface area (Å²) in [5.74, 6) is 1.86. The van der Waals surface area contributed by atoms with Crippen LogP contribution in [0.5, 0.6) is 0 Å². The standard InChI is InChI=1S/C57H38N4/c1-5-16-39(17-6-1)41-28-30-45(31-29-41)56-58-55(44-22-11-4-12-23-44)59-57(60-56)48-37-51(43-20-9-3-10-21-43)54-50-26-13-14-27-52(50)61(53(54)38-48)49-34-32-42(33-35-49)47-25-15-24-46(36-47)40-18-7-2-8-19-40/h1-38H. The predicted octanol–water partition coefficient (Wildman–Crippen LogP) is 14.6. The van der Waals surface area contributed by atoms with Crippen LogP contribution >= 0.6 is 0 Å². The first-order valence-electron chi connectivity index (χ1n) is 20.6. The van der Waals surface area contributed by atoms with E-state index in [9.17, 15) is 0 Å². The molecule has 11 rings (SSSR count). The van der Waals surface area contributed by atoms with Gasteiger partial charge in [0.1, 0.15) is 0 Å². The van der Waals surface area contributed by atoms with Crippen LogP contribution in [0.15, 0.2) is 231 Å². The van der Waals surface area contributed by atoms with Crippen LogP contribution in [0.3, 0.4) is 0 Å². The third-order valence-corrected chi connectivity index (χ3v) is 11.5. The molecule has 0 N–H and O–H groups in total. The molecule has 286 valence electrons. The molecule has 2 aromatic heterocycles. The van der Waals surface area contributed by atoms with Gasteiger partial charge in [0, 0.05) is 33.2 Å². The highest BCUT2D eigenvalue weighted by Crippen LogP contribution is 2.42. The van der Waals surface area contributed by atoms with Crippen molar-refractivity contribution in [3.05, 3.63) is 231 Å². The molecule has 0 radical (unpaired) electrons. The normalized spacial score (nSPS) is 11.3. The minimum atomic E-state index is 0.612. The van der Waals surface area contributed by atoms with E-state index in [2.05, 4.69) is 211 Å². The second kappa shape index (κ2) is 15.5. The van der Waals surface area contributed by atoms with Gasteiger partial charge in [0.15, 0.2) is 17.5 Å². The van der Waals surface area contributed by atoms with Crippen LogP contribution in [0, 0.1) is 0 Å². The Morgan fingerprint density at radius 3 is 1.28 bits per heavy atom. The van der Waals surface area contributed by atoms with Crippen molar-refractivity contribution in [3.8, 4) is 84.4 Å². The van der Waals surface area contributed by atoms with Crippen molar-refractivity contribution in [2.24, 2.45) is 0 Å². The molecule has 0 aliphatic heterocycles. The van der Waals surface area contributed by atoms with Gasteiger partial charge in [-0.1, -0.05) is 194 Å². The molecular formula is C57H38N4. The van der Waals surface area contributed by atoms with Crippen molar-refractivity contribution in [2.75, 3.05) is 0 Å². The third-order valence-electron chi connectivity index (χ3n) is 11.5. The van der Waals surface area contributed by atoms with E-state index in [0.29, 0.717) is 17.5 Å². The number of para-hydroxylation sites is 1. The molecule has 2 heterocycles. The molecule has 0 fully saturated rings. The Morgan fingerprint density at radius 1 is 0.262 bits per heavy atom. The number of hydrogen-bond donors (Lipinski definition) is 0. The molecule has 0 saturated heterocycles. The van der Waals surface area contributed by atoms with Crippen LogP contribution in [-0.4, -0.2) is 19.5 Å². The Hall–Kier alpha value is -8.21. The zero-order valence-corrected chi connectivity index (χ0v) is 33.2. The Kier molecular flexibility index (Phi) is 9.14. The van der Waals surface area contributed by atoms with E-state index in [1.807, 2.05) is 24.3 Å². The highest BCUT2D eigenvalue weighted by Gasteiger charge is 2.21. The molecule has 0 aliphatic carbocycles. The van der Waals surface area contributed by atoms with E-state index in [4.69, 9.17) is 15.0 Å². The van der Waals surface area contributed by atoms with E-state index < -0.39 is 0 Å². The molecule has 0 unspecified atom stereocenters. The van der Waals surface area contributed by atoms with Crippen molar-refractivity contribution >= 4 is 21.8 Å². The fourth-order valence-electron chi connectivity index (χ4n) is 8.45. The maximum absolute atomic E-state index is 5.24. The van der Waals surface area contributed by atoms with E-state index >= 15 is 0 Å². The van der Waals surface area contributed by atoms with Gasteiger partial charge in [-0.05, 0) is 80.9 Å². The molecule has 61 heavy (non-hydrogen) atoms. The van der Waals surface area contributed by atoms with Crippen LogP contribution in [0.4, 0.5) is 0 Å². The molecule has 11 aromatic rings. The van der Waals surface area contributed by atoms with Gasteiger partial charge in [0.05, 0.1) is 11.0 Å². The molecule has 0 amide bonds. The van der Waals surface area contributed by atoms with Crippen LogP contribution in [0.2, 0.25) is 0 Å². The summed E-state index contributed by atoms with van der Waals surface area (Å²) >= 11 is 0. The maximum Gasteiger partial charge on any atom is 0.164 e. The van der Waals surface area contributed by atoms with Gasteiger partial charge >= 0.3 is 0 Å². The van der Waals surface area contributed by atoms with Crippen LogP contribution in [0.25, 0.3) is 106 Å². The summed E-state index contributed by atoms with van der Waals surface area (Å²) in [6.07, 6.45) is 0. The second-order valence-electron chi connectivity index (χ2n) is 15.2. The van der Waals surface area contributed by atoms with Gasteiger partial charge in [-0.2, -0.15) is 0 Å². The molecule has 9 aromatic carbocycles. The van der Waals surface area contributed by atoms with Crippen molar-refractivity contribution < 1.29 is 0 Å². The highest BCUT2D eigenvalue weighted by atomic mass is 15.0. The molecule has 0 saturated carbocycles. The van der Waals surface area contributed by atoms with Crippen molar-refractivity contribution in [1.29, 1.82) is 0 Å². The number of fused-ring (bicyclic) bond motifs is 3. The first-order chi connectivity index (χ1) is 30.2. The van der Waals surface area contributed by atoms with Gasteiger partial charge in [-0.25, -0.2) is 15.0 Å². The highest BCUT2D eigenvalue weighted by molar-refractivity contribution is 6.17. The monoisotopic (exact) mass is 778 g/mol. The van der Waals surface area contributed by atoms with E-state index in [1.54, 1.807) is 0 Å². The lowest BCUT2D eigenvalue weighted by molar-refractivity contribution is 1.07. The van der Waals surface area contributed by atoms with Crippen molar-refractivity contribution in [2.45, 2.75) is 0 Å². The fraction of sp³-hybridized carbons (Fsp3) is 0. The quantitative estimate of drug-likeness (QED) is 0.154. The van der Waals surface area contributed by atoms with Gasteiger partial charge < -0.3 is 4.57 Å². The van der Waals surface area contributed by atoms with Gasteiger partial charge in [-0.15, -0.1) is 0 Å². The van der Waals surface area contributed by atoms with Gasteiger partial charge in [-0.3, -0.25) is 0 Å². The molecule has 4 heteroatoms. The lowest BCUT2D eigenvalue weighted by atomic mass is 9.96. The molecule has 0 aliphatic rings. The first kappa shape index (κ1) is 35.9. The first-order valence-corrected chi connectivity index (χ1v) is 20.6. The van der Waals surface area contributed by atoms with Crippen molar-refractivity contribution in [1.82, 2.24) is 19.5 Å². The molecule has 0 bridgehead atoms. The van der Waals surface area contributed by atoms with E-state index in [1.165, 1.54) is 33.0 Å². The fourth-order valence-corrected chi connectivity index (χ4v) is 8.45. The lowest BCUT2D eigenvalue weighted by Crippen LogP contribution is -2.01. The Morgan fingerprint density at radius 2 is 0.672 bits per heavy atom. The average Bonchev–Trinajstić information content (AvgIpc) is 3.69. The molecule has 0 atom stereocenters. The topological polar surface area (TPSA) is 43.6 Å². The summed E-state index contributed by atoms with van der Waals surface area (Å²) in [4.78, 5) is 15.5. The molecule has 4 nitrogen and oxygen atoms in total. The van der Waals surface area contributed by atoms with Crippen LogP contribution in [-0.2, 0) is 0 Å². The van der Waals surface area contributed by atoms with Gasteiger partial charge in [0.25, 0.3) is 0 Å². The molecular weight excluding hydrogens is 741 g/mol. The summed E-state index contributed by atoms with van der Waals surface area (Å²) in [5, 5.41) is 2.36. The van der Waals surface area contributed by atoms with E-state index in [0.717, 1.165) is 55.7 Å². The number of aromatic nitrogens is 4. The molecule has 0 spiro atoms. The SMILES string of the molecule is c1ccc(-c2ccc(-c3nc(-c4ccccc4)nc(-c4cc(-c5ccccc5)c5c6ccccc6n(-c6ccc(-c7cccc(-c8ccccc8)c7)cc6)c5c4)n3)cc2)cc1. The summed E-state index contributed by atoms with van der Waals surface area (Å²) in [6.45, 7) is 0. The summed E-state index contributed by atoms with van der Waals surface area (Å²) in [6, 6.07) is 81.2. The Bertz CT molecular complexity index is 3300. The summed E-state index contributed by atoms with van der Waals surface area (Å²) < 4.78 is 2.38. The van der Waals surface area contributed by atoms with Gasteiger partial charge in [0.2, 0.25) is 0 Å². The number of hydrogen-bond acceptors (Lipinski definition) is 3. The maximum atomic E-state index is 5.24. The van der Waals surface area contributed by atoms with Crippen LogP contribution in [0.1, 0.15) is 0 Å². The number of nitrogens with zero attached hydrogens (tertiary/aromatic N) is 4. The zero-order chi connectivity index (χ0) is 40.5. The third kappa shape index (κ3) is 6.86. The summed E-state index contributed by atoms with van der Waals surface area (Å²) in [7, 11) is 0. The predicted molar refractivity (Wildman–Crippen MR) is 252 cm³/mol. The minimum absolute atomic E-state index is 0.612. The second-order valence-corrected chi connectivity index (χ2v) is 15.2. The summed E-state index contributed by atoms with van der Waals surface area (Å²) in [5.41, 5.74) is 15.3. The lowest BCUT2D eigenvalue weighted by Gasteiger charge is -2.13. The average molecular weight is 779 g/mol. The van der Waals surface area contributed by atoms with Crippen molar-refractivity contribution in [3.63, 3.8) is 0 Å². The number of rotatable bonds is 8. The Labute approximate surface area is 354 Å². The largest absolute Gasteiger partial charge is 0.309 e. The Balaban J connectivity index is 1.10. The minimum Gasteiger partial charge on any atom is -0.309 e.